The number of nitrogens with one attached hydrogen (secondary N) is 3. The lowest BCUT2D eigenvalue weighted by Gasteiger charge is -2.05. The SMILES string of the molecule is Cl.O=C(NCc1ccc(-c2csnn2)cc1)c1cc(NC(=O)c2cc(F)c(F)cc2Cl)n[nH]1. The minimum atomic E-state index is -1.21. The topological polar surface area (TPSA) is 113 Å². The summed E-state index contributed by atoms with van der Waals surface area (Å²) >= 11 is 7.05. The Kier molecular flexibility index (Phi) is 7.69. The standard InChI is InChI=1S/C20H13ClF2N6O2S.ClH/c21-13-6-15(23)14(22)5-12(13)19(30)25-18-7-16(26-28-18)20(31)24-8-10-1-3-11(4-2-10)17-9-32-29-27-17;/h1-7,9H,8H2,(H,24,31)(H2,25,26,28,30);1H. The van der Waals surface area contributed by atoms with Crippen LogP contribution in [0.5, 0.6) is 0 Å². The molecule has 0 fully saturated rings. The summed E-state index contributed by atoms with van der Waals surface area (Å²) in [6, 6.07) is 10.2. The predicted octanol–water partition coefficient (Wildman–Crippen LogP) is 4.46. The van der Waals surface area contributed by atoms with Crippen LogP contribution < -0.4 is 10.6 Å². The molecule has 0 unspecified atom stereocenters. The molecule has 4 rings (SSSR count). The smallest absolute Gasteiger partial charge is 0.269 e. The van der Waals surface area contributed by atoms with E-state index in [4.69, 9.17) is 11.6 Å². The summed E-state index contributed by atoms with van der Waals surface area (Å²) in [6.07, 6.45) is 0. The van der Waals surface area contributed by atoms with E-state index < -0.39 is 23.4 Å². The number of rotatable bonds is 6. The number of anilines is 1. The number of aromatic amines is 1. The third kappa shape index (κ3) is 5.69. The second-order valence-corrected chi connectivity index (χ2v) is 7.55. The molecule has 8 nitrogen and oxygen atoms in total. The van der Waals surface area contributed by atoms with Crippen LogP contribution in [0.1, 0.15) is 26.4 Å². The summed E-state index contributed by atoms with van der Waals surface area (Å²) in [6.45, 7) is 0.263. The van der Waals surface area contributed by atoms with Crippen LogP contribution in [-0.4, -0.2) is 31.6 Å². The van der Waals surface area contributed by atoms with Crippen molar-refractivity contribution >= 4 is 53.2 Å². The van der Waals surface area contributed by atoms with Crippen molar-refractivity contribution in [3.8, 4) is 11.3 Å². The van der Waals surface area contributed by atoms with Gasteiger partial charge in [0.25, 0.3) is 11.8 Å². The van der Waals surface area contributed by atoms with Gasteiger partial charge in [-0.1, -0.05) is 40.4 Å². The number of benzene rings is 2. The molecule has 2 heterocycles. The van der Waals surface area contributed by atoms with Crippen molar-refractivity contribution in [2.24, 2.45) is 0 Å². The molecule has 33 heavy (non-hydrogen) atoms. The molecule has 0 aliphatic carbocycles. The Labute approximate surface area is 200 Å². The first-order valence-corrected chi connectivity index (χ1v) is 10.3. The number of amides is 2. The summed E-state index contributed by atoms with van der Waals surface area (Å²) in [5, 5.41) is 17.0. The van der Waals surface area contributed by atoms with Gasteiger partial charge in [0.15, 0.2) is 17.5 Å². The Balaban J connectivity index is 0.00000306. The molecule has 0 saturated carbocycles. The molecule has 0 atom stereocenters. The first-order valence-electron chi connectivity index (χ1n) is 9.06. The summed E-state index contributed by atoms with van der Waals surface area (Å²) in [7, 11) is 0. The van der Waals surface area contributed by atoms with Gasteiger partial charge in [0, 0.05) is 23.6 Å². The summed E-state index contributed by atoms with van der Waals surface area (Å²) in [5.41, 5.74) is 2.40. The highest BCUT2D eigenvalue weighted by Crippen LogP contribution is 2.21. The summed E-state index contributed by atoms with van der Waals surface area (Å²) in [4.78, 5) is 24.6. The van der Waals surface area contributed by atoms with E-state index >= 15 is 0 Å². The molecule has 0 spiro atoms. The van der Waals surface area contributed by atoms with Gasteiger partial charge in [0.2, 0.25) is 0 Å². The molecule has 0 aliphatic heterocycles. The first-order chi connectivity index (χ1) is 15.4. The molecule has 3 N–H and O–H groups in total. The normalized spacial score (nSPS) is 10.4. The van der Waals surface area contributed by atoms with E-state index in [9.17, 15) is 18.4 Å². The van der Waals surface area contributed by atoms with Crippen LogP contribution in [0, 0.1) is 11.6 Å². The van der Waals surface area contributed by atoms with Crippen LogP contribution >= 0.6 is 35.5 Å². The van der Waals surface area contributed by atoms with Crippen molar-refractivity contribution in [1.82, 2.24) is 25.1 Å². The highest BCUT2D eigenvalue weighted by molar-refractivity contribution is 7.03. The zero-order valence-electron chi connectivity index (χ0n) is 16.4. The third-order valence-corrected chi connectivity index (χ3v) is 5.20. The van der Waals surface area contributed by atoms with E-state index in [1.807, 2.05) is 29.6 Å². The second kappa shape index (κ2) is 10.5. The van der Waals surface area contributed by atoms with E-state index in [1.165, 1.54) is 17.6 Å². The Hall–Kier alpha value is -3.41. The van der Waals surface area contributed by atoms with Gasteiger partial charge in [0.1, 0.15) is 11.4 Å². The van der Waals surface area contributed by atoms with Crippen molar-refractivity contribution < 1.29 is 18.4 Å². The van der Waals surface area contributed by atoms with Gasteiger partial charge < -0.3 is 10.6 Å². The third-order valence-electron chi connectivity index (χ3n) is 4.38. The van der Waals surface area contributed by atoms with E-state index in [1.54, 1.807) is 0 Å². The molecule has 4 aromatic rings. The van der Waals surface area contributed by atoms with Crippen LogP contribution in [0.3, 0.4) is 0 Å². The number of hydrogen-bond donors (Lipinski definition) is 3. The molecule has 0 saturated heterocycles. The maximum absolute atomic E-state index is 13.4. The Morgan fingerprint density at radius 2 is 1.79 bits per heavy atom. The van der Waals surface area contributed by atoms with E-state index in [2.05, 4.69) is 30.4 Å². The monoisotopic (exact) mass is 510 g/mol. The van der Waals surface area contributed by atoms with Crippen molar-refractivity contribution in [2.75, 3.05) is 5.32 Å². The van der Waals surface area contributed by atoms with Gasteiger partial charge in [-0.15, -0.1) is 17.5 Å². The molecule has 13 heteroatoms. The Morgan fingerprint density at radius 3 is 2.48 bits per heavy atom. The molecule has 0 aliphatic rings. The minimum absolute atomic E-state index is 0. The second-order valence-electron chi connectivity index (χ2n) is 6.54. The number of carbonyl (C=O) groups excluding carboxylic acids is 2. The van der Waals surface area contributed by atoms with Gasteiger partial charge in [0.05, 0.1) is 10.6 Å². The molecule has 2 amide bonds. The van der Waals surface area contributed by atoms with Gasteiger partial charge in [-0.25, -0.2) is 8.78 Å². The number of nitrogens with zero attached hydrogens (tertiary/aromatic N) is 3. The molecule has 0 radical (unpaired) electrons. The zero-order chi connectivity index (χ0) is 22.7. The lowest BCUT2D eigenvalue weighted by Crippen LogP contribution is -2.23. The van der Waals surface area contributed by atoms with E-state index in [-0.39, 0.29) is 41.0 Å². The number of H-pyrrole nitrogens is 1. The number of carbonyl (C=O) groups is 2. The molecule has 2 aromatic carbocycles. The molecule has 2 aromatic heterocycles. The Morgan fingerprint density at radius 1 is 1.06 bits per heavy atom. The maximum Gasteiger partial charge on any atom is 0.269 e. The largest absolute Gasteiger partial charge is 0.347 e. The van der Waals surface area contributed by atoms with Crippen LogP contribution in [0.15, 0.2) is 47.8 Å². The fourth-order valence-corrected chi connectivity index (χ4v) is 3.45. The number of hydrogen-bond acceptors (Lipinski definition) is 6. The lowest BCUT2D eigenvalue weighted by atomic mass is 10.1. The van der Waals surface area contributed by atoms with Crippen LogP contribution in [0.4, 0.5) is 14.6 Å². The fourth-order valence-electron chi connectivity index (χ4n) is 2.74. The van der Waals surface area contributed by atoms with Crippen molar-refractivity contribution in [3.05, 3.63) is 81.3 Å². The van der Waals surface area contributed by atoms with Crippen molar-refractivity contribution in [1.29, 1.82) is 0 Å². The van der Waals surface area contributed by atoms with E-state index in [0.717, 1.165) is 16.8 Å². The minimum Gasteiger partial charge on any atom is -0.347 e. The fraction of sp³-hybridized carbons (Fsp3) is 0.0500. The average Bonchev–Trinajstić information content (AvgIpc) is 3.47. The number of halogens is 4. The molecule has 170 valence electrons. The van der Waals surface area contributed by atoms with Crippen molar-refractivity contribution in [3.63, 3.8) is 0 Å². The summed E-state index contributed by atoms with van der Waals surface area (Å²) in [5.74, 6) is -3.61. The average molecular weight is 511 g/mol. The van der Waals surface area contributed by atoms with Crippen LogP contribution in [0.2, 0.25) is 5.02 Å². The van der Waals surface area contributed by atoms with Gasteiger partial charge >= 0.3 is 0 Å². The Bertz CT molecular complexity index is 1280. The maximum atomic E-state index is 13.4. The summed E-state index contributed by atoms with van der Waals surface area (Å²) < 4.78 is 30.4. The highest BCUT2D eigenvalue weighted by Gasteiger charge is 2.17. The van der Waals surface area contributed by atoms with Crippen LogP contribution in [-0.2, 0) is 6.54 Å². The van der Waals surface area contributed by atoms with Crippen molar-refractivity contribution in [2.45, 2.75) is 6.54 Å². The molecule has 0 bridgehead atoms. The predicted molar refractivity (Wildman–Crippen MR) is 122 cm³/mol. The zero-order valence-corrected chi connectivity index (χ0v) is 18.8. The highest BCUT2D eigenvalue weighted by atomic mass is 35.5. The van der Waals surface area contributed by atoms with Gasteiger partial charge in [-0.3, -0.25) is 14.7 Å². The quantitative estimate of drug-likeness (QED) is 0.331. The van der Waals surface area contributed by atoms with E-state index in [0.29, 0.717) is 12.1 Å². The van der Waals surface area contributed by atoms with Gasteiger partial charge in [-0.2, -0.15) is 5.10 Å². The molecular weight excluding hydrogens is 497 g/mol. The van der Waals surface area contributed by atoms with Crippen LogP contribution in [0.25, 0.3) is 11.3 Å². The first kappa shape index (κ1) is 24.2. The number of aromatic nitrogens is 4. The van der Waals surface area contributed by atoms with Gasteiger partial charge in [-0.05, 0) is 29.2 Å². The lowest BCUT2D eigenvalue weighted by molar-refractivity contribution is 0.0945. The molecular formula is C20H14Cl2F2N6O2S.